The number of carbonyl (C=O) groups is 5. The zero-order chi connectivity index (χ0) is 32.3. The lowest BCUT2D eigenvalue weighted by Crippen LogP contribution is -2.52. The third kappa shape index (κ3) is 10.7. The molecule has 2 aromatic carbocycles. The molecule has 0 aromatic heterocycles. The number of hydrogen-bond donors (Lipinski definition) is 7. The summed E-state index contributed by atoms with van der Waals surface area (Å²) in [5.74, 6) is -4.34. The molecule has 0 saturated carbocycles. The first-order valence-corrected chi connectivity index (χ1v) is 15.4. The lowest BCUT2D eigenvalue weighted by atomic mass is 10.0. The van der Waals surface area contributed by atoms with Gasteiger partial charge in [-0.3, -0.25) is 19.2 Å². The largest absolute Gasteiger partial charge is 0.480 e. The molecule has 43 heavy (non-hydrogen) atoms. The zero-order valence-corrected chi connectivity index (χ0v) is 26.1. The third-order valence-electron chi connectivity index (χ3n) is 6.10. The van der Waals surface area contributed by atoms with Gasteiger partial charge in [-0.25, -0.2) is 17.9 Å². The Morgan fingerprint density at radius 2 is 1.42 bits per heavy atom. The molecule has 0 aliphatic rings. The fourth-order valence-electron chi connectivity index (χ4n) is 4.04. The summed E-state index contributed by atoms with van der Waals surface area (Å²) < 4.78 is 28.3. The van der Waals surface area contributed by atoms with Gasteiger partial charge >= 0.3 is 5.97 Å². The van der Waals surface area contributed by atoms with Crippen LogP contribution in [-0.4, -0.2) is 94.7 Å². The monoisotopic (exact) mass is 638 g/mol. The molecule has 0 heterocycles. The molecular formula is C27H38N6O8S2. The molecule has 0 spiro atoms. The molecule has 4 amide bonds. The molecule has 0 aliphatic heterocycles. The number of anilines is 1. The van der Waals surface area contributed by atoms with Crippen LogP contribution in [0.3, 0.4) is 0 Å². The van der Waals surface area contributed by atoms with Crippen molar-refractivity contribution in [3.63, 3.8) is 0 Å². The molecule has 0 bridgehead atoms. The molecule has 2 aromatic rings. The molecule has 6 N–H and O–H groups in total. The van der Waals surface area contributed by atoms with Gasteiger partial charge in [0.2, 0.25) is 33.7 Å². The van der Waals surface area contributed by atoms with Crippen molar-refractivity contribution in [1.82, 2.24) is 26.0 Å². The van der Waals surface area contributed by atoms with Crippen LogP contribution < -0.4 is 30.9 Å². The number of nitrogens with zero attached hydrogens (tertiary/aromatic N) is 1. The van der Waals surface area contributed by atoms with Crippen molar-refractivity contribution in [2.75, 3.05) is 44.4 Å². The zero-order valence-electron chi connectivity index (χ0n) is 24.3. The Balaban J connectivity index is 1.88. The molecule has 0 radical (unpaired) electrons. The van der Waals surface area contributed by atoms with Gasteiger partial charge in [-0.1, -0.05) is 38.1 Å². The van der Waals surface area contributed by atoms with Crippen molar-refractivity contribution in [3.05, 3.63) is 36.4 Å². The molecule has 14 nitrogen and oxygen atoms in total. The van der Waals surface area contributed by atoms with Crippen molar-refractivity contribution in [2.45, 2.75) is 37.2 Å². The van der Waals surface area contributed by atoms with Gasteiger partial charge in [-0.15, -0.1) is 0 Å². The topological polar surface area (TPSA) is 203 Å². The number of aliphatic carboxylic acids is 1. The number of thiol groups is 1. The second kappa shape index (κ2) is 16.1. The van der Waals surface area contributed by atoms with Crippen molar-refractivity contribution < 1.29 is 37.5 Å². The molecule has 0 aliphatic carbocycles. The van der Waals surface area contributed by atoms with Gasteiger partial charge in [0.15, 0.2) is 0 Å². The first kappa shape index (κ1) is 35.3. The van der Waals surface area contributed by atoms with E-state index in [2.05, 4.69) is 38.6 Å². The molecule has 0 unspecified atom stereocenters. The van der Waals surface area contributed by atoms with Gasteiger partial charge in [0.25, 0.3) is 0 Å². The standard InChI is InChI=1S/C27H38N6O8S2/c1-16(2)11-19(27(38)39)31-24(35)13-28-23(34)12-29-26(37)20(15-42)32-25(36)14-30-43(40,41)22-10-6-7-17-18(22)8-5-9-21(17)33(3)4/h5-10,16,19-20,30,42H,11-15H2,1-4H3,(H,28,34)(H,29,37)(H,31,35)(H,32,36)(H,38,39)/t19-,20-/m0/s1. The van der Waals surface area contributed by atoms with Crippen LogP contribution in [-0.2, 0) is 34.0 Å². The third-order valence-corrected chi connectivity index (χ3v) is 7.92. The fourth-order valence-corrected chi connectivity index (χ4v) is 5.50. The van der Waals surface area contributed by atoms with E-state index < -0.39 is 71.3 Å². The highest BCUT2D eigenvalue weighted by Gasteiger charge is 2.24. The van der Waals surface area contributed by atoms with Crippen molar-refractivity contribution >= 4 is 68.7 Å². The number of nitrogens with one attached hydrogen (secondary N) is 5. The smallest absolute Gasteiger partial charge is 0.326 e. The summed E-state index contributed by atoms with van der Waals surface area (Å²) in [6.07, 6.45) is 0.212. The second-order valence-corrected chi connectivity index (χ2v) is 12.3. The predicted molar refractivity (Wildman–Crippen MR) is 164 cm³/mol. The van der Waals surface area contributed by atoms with Crippen molar-refractivity contribution in [2.24, 2.45) is 5.92 Å². The van der Waals surface area contributed by atoms with Crippen molar-refractivity contribution in [3.8, 4) is 0 Å². The quantitative estimate of drug-likeness (QED) is 0.118. The van der Waals surface area contributed by atoms with Crippen LogP contribution in [0, 0.1) is 5.92 Å². The van der Waals surface area contributed by atoms with Gasteiger partial charge in [0.1, 0.15) is 12.1 Å². The average molecular weight is 639 g/mol. The summed E-state index contributed by atoms with van der Waals surface area (Å²) >= 11 is 4.04. The molecule has 2 atom stereocenters. The Labute approximate surface area is 255 Å². The van der Waals surface area contributed by atoms with Gasteiger partial charge in [-0.2, -0.15) is 12.6 Å². The minimum atomic E-state index is -4.11. The first-order chi connectivity index (χ1) is 20.2. The molecule has 2 rings (SSSR count). The molecule has 236 valence electrons. The summed E-state index contributed by atoms with van der Waals surface area (Å²) in [4.78, 5) is 62.2. The predicted octanol–water partition coefficient (Wildman–Crippen LogP) is -0.553. The summed E-state index contributed by atoms with van der Waals surface area (Å²) in [5, 5.41) is 19.6. The summed E-state index contributed by atoms with van der Waals surface area (Å²) in [6.45, 7) is 1.91. The Morgan fingerprint density at radius 3 is 2.02 bits per heavy atom. The van der Waals surface area contributed by atoms with Gasteiger partial charge < -0.3 is 31.3 Å². The van der Waals surface area contributed by atoms with Crippen LogP contribution in [0.1, 0.15) is 20.3 Å². The maximum Gasteiger partial charge on any atom is 0.326 e. The van der Waals surface area contributed by atoms with Gasteiger partial charge in [0.05, 0.1) is 24.5 Å². The highest BCUT2D eigenvalue weighted by molar-refractivity contribution is 7.89. The Kier molecular flexibility index (Phi) is 13.2. The maximum atomic E-state index is 13.0. The van der Waals surface area contributed by atoms with Crippen LogP contribution in [0.25, 0.3) is 10.8 Å². The van der Waals surface area contributed by atoms with E-state index in [4.69, 9.17) is 0 Å². The minimum absolute atomic E-state index is 0.0110. The normalized spacial score (nSPS) is 12.7. The molecular weight excluding hydrogens is 600 g/mol. The second-order valence-electron chi connectivity index (χ2n) is 10.2. The Morgan fingerprint density at radius 1 is 0.837 bits per heavy atom. The van der Waals surface area contributed by atoms with E-state index in [1.165, 1.54) is 6.07 Å². The maximum absolute atomic E-state index is 13.0. The number of sulfonamides is 1. The van der Waals surface area contributed by atoms with Gasteiger partial charge in [0, 0.05) is 36.3 Å². The van der Waals surface area contributed by atoms with Crippen LogP contribution in [0.2, 0.25) is 0 Å². The van der Waals surface area contributed by atoms with Crippen LogP contribution in [0.4, 0.5) is 5.69 Å². The van der Waals surface area contributed by atoms with E-state index >= 15 is 0 Å². The average Bonchev–Trinajstić information content (AvgIpc) is 2.95. The van der Waals surface area contributed by atoms with Crippen LogP contribution in [0.5, 0.6) is 0 Å². The molecule has 0 saturated heterocycles. The first-order valence-electron chi connectivity index (χ1n) is 13.3. The van der Waals surface area contributed by atoms with E-state index in [0.717, 1.165) is 5.69 Å². The summed E-state index contributed by atoms with van der Waals surface area (Å²) in [6, 6.07) is 7.79. The van der Waals surface area contributed by atoms with Gasteiger partial charge in [-0.05, 0) is 24.5 Å². The highest BCUT2D eigenvalue weighted by Crippen LogP contribution is 2.30. The van der Waals surface area contributed by atoms with E-state index in [9.17, 15) is 37.5 Å². The lowest BCUT2D eigenvalue weighted by molar-refractivity contribution is -0.142. The van der Waals surface area contributed by atoms with E-state index in [-0.39, 0.29) is 23.0 Å². The number of carboxylic acid groups (broad SMARTS) is 1. The van der Waals surface area contributed by atoms with Crippen LogP contribution >= 0.6 is 12.6 Å². The minimum Gasteiger partial charge on any atom is -0.480 e. The molecule has 0 fully saturated rings. The van der Waals surface area contributed by atoms with E-state index in [1.807, 2.05) is 25.1 Å². The Hall–Kier alpha value is -3.89. The number of fused-ring (bicyclic) bond motifs is 1. The number of carbonyl (C=O) groups excluding carboxylic acids is 4. The fraction of sp³-hybridized carbons (Fsp3) is 0.444. The number of benzene rings is 2. The van der Waals surface area contributed by atoms with E-state index in [1.54, 1.807) is 38.1 Å². The van der Waals surface area contributed by atoms with Crippen LogP contribution in [0.15, 0.2) is 41.3 Å². The van der Waals surface area contributed by atoms with Crippen molar-refractivity contribution in [1.29, 1.82) is 0 Å². The number of rotatable bonds is 16. The Bertz CT molecular complexity index is 1450. The van der Waals surface area contributed by atoms with E-state index in [0.29, 0.717) is 10.8 Å². The summed E-state index contributed by atoms with van der Waals surface area (Å²) in [7, 11) is -0.431. The number of amides is 4. The SMILES string of the molecule is CC(C)C[C@H](NC(=O)CNC(=O)CNC(=O)[C@H](CS)NC(=O)CNS(=O)(=O)c1cccc2c(N(C)C)cccc12)C(=O)O. The summed E-state index contributed by atoms with van der Waals surface area (Å²) in [5.41, 5.74) is 0.820. The number of hydrogen-bond acceptors (Lipinski definition) is 9. The highest BCUT2D eigenvalue weighted by atomic mass is 32.2. The number of carboxylic acids is 1. The lowest BCUT2D eigenvalue weighted by Gasteiger charge is -2.18. The molecule has 16 heteroatoms.